The van der Waals surface area contributed by atoms with Crippen LogP contribution in [0.3, 0.4) is 0 Å². The van der Waals surface area contributed by atoms with Gasteiger partial charge < -0.3 is 14.7 Å². The topological polar surface area (TPSA) is 50.5 Å². The highest BCUT2D eigenvalue weighted by Gasteiger charge is 2.30. The summed E-state index contributed by atoms with van der Waals surface area (Å²) in [6.45, 7) is 7.61. The lowest BCUT2D eigenvalue weighted by molar-refractivity contribution is 0.0519. The number of aliphatic hydroxyl groups is 1. The molecule has 1 aromatic rings. The van der Waals surface area contributed by atoms with Gasteiger partial charge in [0.1, 0.15) is 11.8 Å². The molecule has 0 amide bonds. The molecule has 0 saturated carbocycles. The van der Waals surface area contributed by atoms with E-state index < -0.39 is 6.10 Å². The zero-order valence-corrected chi connectivity index (χ0v) is 12.3. The van der Waals surface area contributed by atoms with E-state index in [2.05, 4.69) is 10.00 Å². The van der Waals surface area contributed by atoms with Crippen molar-refractivity contribution in [1.29, 1.82) is 0 Å². The minimum Gasteiger partial charge on any atom is -0.493 e. The molecule has 1 rings (SSSR count). The molecular weight excluding hydrogens is 230 g/mol. The van der Waals surface area contributed by atoms with Gasteiger partial charge in [0.15, 0.2) is 5.75 Å². The van der Waals surface area contributed by atoms with Crippen LogP contribution in [0.4, 0.5) is 0 Å². The monoisotopic (exact) mass is 255 g/mol. The first-order valence-electron chi connectivity index (χ1n) is 6.20. The first-order valence-corrected chi connectivity index (χ1v) is 6.20. The molecule has 5 heteroatoms. The molecule has 0 radical (unpaired) electrons. The standard InChI is InChI=1S/C13H25N3O2/c1-13(2,3)12(17)11-10(18-6)9-14-16(11)8-7-15(4)5/h9,12,17H,7-8H2,1-6H3. The Morgan fingerprint density at radius 2 is 2.06 bits per heavy atom. The maximum atomic E-state index is 10.4. The Morgan fingerprint density at radius 3 is 2.50 bits per heavy atom. The summed E-state index contributed by atoms with van der Waals surface area (Å²) in [5, 5.41) is 14.7. The highest BCUT2D eigenvalue weighted by atomic mass is 16.5. The van der Waals surface area contributed by atoms with Crippen molar-refractivity contribution in [3.05, 3.63) is 11.9 Å². The van der Waals surface area contributed by atoms with Crippen molar-refractivity contribution in [2.45, 2.75) is 33.4 Å². The van der Waals surface area contributed by atoms with Crippen molar-refractivity contribution in [2.24, 2.45) is 5.41 Å². The van der Waals surface area contributed by atoms with Crippen molar-refractivity contribution >= 4 is 0 Å². The largest absolute Gasteiger partial charge is 0.493 e. The van der Waals surface area contributed by atoms with Gasteiger partial charge in [-0.15, -0.1) is 0 Å². The third-order valence-corrected chi connectivity index (χ3v) is 2.90. The normalized spacial score (nSPS) is 14.0. The molecule has 0 aromatic carbocycles. The van der Waals surface area contributed by atoms with Crippen molar-refractivity contribution in [2.75, 3.05) is 27.7 Å². The molecule has 0 saturated heterocycles. The Balaban J connectivity index is 3.02. The van der Waals surface area contributed by atoms with Gasteiger partial charge in [0.2, 0.25) is 0 Å². The lowest BCUT2D eigenvalue weighted by atomic mass is 9.87. The zero-order chi connectivity index (χ0) is 13.9. The highest BCUT2D eigenvalue weighted by Crippen LogP contribution is 2.37. The Morgan fingerprint density at radius 1 is 1.44 bits per heavy atom. The Bertz CT molecular complexity index is 380. The molecule has 104 valence electrons. The molecule has 0 spiro atoms. The van der Waals surface area contributed by atoms with Gasteiger partial charge >= 0.3 is 0 Å². The van der Waals surface area contributed by atoms with Gasteiger partial charge in [-0.25, -0.2) is 0 Å². The third-order valence-electron chi connectivity index (χ3n) is 2.90. The van der Waals surface area contributed by atoms with E-state index in [0.29, 0.717) is 5.75 Å². The van der Waals surface area contributed by atoms with Gasteiger partial charge in [0.05, 0.1) is 19.9 Å². The predicted octanol–water partition coefficient (Wildman–Crippen LogP) is 1.53. The van der Waals surface area contributed by atoms with Crippen molar-refractivity contribution in [3.8, 4) is 5.75 Å². The van der Waals surface area contributed by atoms with Crippen LogP contribution in [0.1, 0.15) is 32.6 Å². The summed E-state index contributed by atoms with van der Waals surface area (Å²) < 4.78 is 7.12. The van der Waals surface area contributed by atoms with Gasteiger partial charge in [-0.3, -0.25) is 4.68 Å². The second kappa shape index (κ2) is 5.71. The summed E-state index contributed by atoms with van der Waals surface area (Å²) >= 11 is 0. The average molecular weight is 255 g/mol. The molecule has 1 heterocycles. The van der Waals surface area contributed by atoms with Crippen LogP contribution in [0.2, 0.25) is 0 Å². The van der Waals surface area contributed by atoms with E-state index in [4.69, 9.17) is 4.74 Å². The molecule has 1 aromatic heterocycles. The molecule has 1 unspecified atom stereocenters. The molecule has 1 N–H and O–H groups in total. The van der Waals surface area contributed by atoms with E-state index in [1.807, 2.05) is 39.5 Å². The molecule has 1 atom stereocenters. The van der Waals surface area contributed by atoms with E-state index >= 15 is 0 Å². The third kappa shape index (κ3) is 3.46. The van der Waals surface area contributed by atoms with Gasteiger partial charge in [0, 0.05) is 6.54 Å². The first kappa shape index (κ1) is 15.0. The van der Waals surface area contributed by atoms with Crippen LogP contribution < -0.4 is 4.74 Å². The van der Waals surface area contributed by atoms with Gasteiger partial charge in [-0.05, 0) is 19.5 Å². The highest BCUT2D eigenvalue weighted by molar-refractivity contribution is 5.28. The van der Waals surface area contributed by atoms with Crippen LogP contribution in [0, 0.1) is 5.41 Å². The predicted molar refractivity (Wildman–Crippen MR) is 71.7 cm³/mol. The molecular formula is C13H25N3O2. The molecule has 0 fully saturated rings. The number of ether oxygens (including phenoxy) is 1. The zero-order valence-electron chi connectivity index (χ0n) is 12.3. The number of likely N-dealkylation sites (N-methyl/N-ethyl adjacent to an activating group) is 1. The summed E-state index contributed by atoms with van der Waals surface area (Å²) in [6, 6.07) is 0. The first-order chi connectivity index (χ1) is 8.27. The summed E-state index contributed by atoms with van der Waals surface area (Å²) in [5.74, 6) is 0.649. The number of hydrogen-bond donors (Lipinski definition) is 1. The summed E-state index contributed by atoms with van der Waals surface area (Å²) in [5.41, 5.74) is 0.509. The second-order valence-corrected chi connectivity index (χ2v) is 5.89. The molecule has 0 aliphatic carbocycles. The fourth-order valence-electron chi connectivity index (χ4n) is 1.69. The number of hydrogen-bond acceptors (Lipinski definition) is 4. The lowest BCUT2D eigenvalue weighted by Crippen LogP contribution is -2.25. The van der Waals surface area contributed by atoms with Crippen LogP contribution in [0.5, 0.6) is 5.75 Å². The minimum atomic E-state index is -0.600. The molecule has 18 heavy (non-hydrogen) atoms. The van der Waals surface area contributed by atoms with Crippen molar-refractivity contribution < 1.29 is 9.84 Å². The van der Waals surface area contributed by atoms with Gasteiger partial charge in [0.25, 0.3) is 0 Å². The number of methoxy groups -OCH3 is 1. The molecule has 0 aliphatic rings. The summed E-state index contributed by atoms with van der Waals surface area (Å²) in [6.07, 6.45) is 1.07. The van der Waals surface area contributed by atoms with Crippen LogP contribution in [0.15, 0.2) is 6.20 Å². The van der Waals surface area contributed by atoms with Crippen molar-refractivity contribution in [3.63, 3.8) is 0 Å². The summed E-state index contributed by atoms with van der Waals surface area (Å²) in [4.78, 5) is 2.08. The maximum absolute atomic E-state index is 10.4. The minimum absolute atomic E-state index is 0.247. The SMILES string of the molecule is COc1cnn(CCN(C)C)c1C(O)C(C)(C)C. The van der Waals surface area contributed by atoms with Crippen LogP contribution in [-0.4, -0.2) is 47.5 Å². The van der Waals surface area contributed by atoms with Crippen LogP contribution in [-0.2, 0) is 6.54 Å². The number of aromatic nitrogens is 2. The lowest BCUT2D eigenvalue weighted by Gasteiger charge is -2.27. The number of nitrogens with zero attached hydrogens (tertiary/aromatic N) is 3. The van der Waals surface area contributed by atoms with E-state index in [1.165, 1.54) is 0 Å². The van der Waals surface area contributed by atoms with E-state index in [9.17, 15) is 5.11 Å². The van der Waals surface area contributed by atoms with Gasteiger partial charge in [-0.1, -0.05) is 20.8 Å². The summed E-state index contributed by atoms with van der Waals surface area (Å²) in [7, 11) is 5.63. The molecule has 0 aliphatic heterocycles. The maximum Gasteiger partial charge on any atom is 0.162 e. The molecule has 5 nitrogen and oxygen atoms in total. The van der Waals surface area contributed by atoms with Crippen LogP contribution in [0.25, 0.3) is 0 Å². The van der Waals surface area contributed by atoms with E-state index in [0.717, 1.165) is 18.8 Å². The average Bonchev–Trinajstić information content (AvgIpc) is 2.66. The Hall–Kier alpha value is -1.07. The van der Waals surface area contributed by atoms with E-state index in [1.54, 1.807) is 13.3 Å². The Labute approximate surface area is 109 Å². The number of rotatable bonds is 5. The van der Waals surface area contributed by atoms with Crippen molar-refractivity contribution in [1.82, 2.24) is 14.7 Å². The fourth-order valence-corrected chi connectivity index (χ4v) is 1.69. The second-order valence-electron chi connectivity index (χ2n) is 5.89. The van der Waals surface area contributed by atoms with Crippen LogP contribution >= 0.6 is 0 Å². The quantitative estimate of drug-likeness (QED) is 0.867. The smallest absolute Gasteiger partial charge is 0.162 e. The fraction of sp³-hybridized carbons (Fsp3) is 0.769. The molecule has 0 bridgehead atoms. The number of aliphatic hydroxyl groups excluding tert-OH is 1. The van der Waals surface area contributed by atoms with Gasteiger partial charge in [-0.2, -0.15) is 5.10 Å². The Kier molecular flexibility index (Phi) is 4.76. The van der Waals surface area contributed by atoms with E-state index in [-0.39, 0.29) is 5.41 Å².